The third-order valence-electron chi connectivity index (χ3n) is 7.81. The van der Waals surface area contributed by atoms with Gasteiger partial charge >= 0.3 is 12.0 Å². The molecule has 1 aliphatic rings. The van der Waals surface area contributed by atoms with Crippen LogP contribution < -0.4 is 15.5 Å². The van der Waals surface area contributed by atoms with Crippen molar-refractivity contribution in [3.05, 3.63) is 108 Å². The molecule has 5 aromatic rings. The number of aromatic nitrogens is 1. The van der Waals surface area contributed by atoms with Gasteiger partial charge in [0, 0.05) is 37.1 Å². The summed E-state index contributed by atoms with van der Waals surface area (Å²) in [4.78, 5) is 46.7. The molecular formula is C35H33N5O5. The lowest BCUT2D eigenvalue weighted by Gasteiger charge is -2.35. The molecule has 3 aromatic carbocycles. The average Bonchev–Trinajstić information content (AvgIpc) is 3.41. The van der Waals surface area contributed by atoms with Gasteiger partial charge in [-0.1, -0.05) is 48.5 Å². The number of nitrogens with one attached hydrogen (secondary N) is 2. The van der Waals surface area contributed by atoms with Crippen LogP contribution in [0.3, 0.4) is 0 Å². The molecule has 10 heteroatoms. The van der Waals surface area contributed by atoms with Crippen LogP contribution in [0.2, 0.25) is 0 Å². The maximum absolute atomic E-state index is 13.2. The number of hydrogen-bond acceptors (Lipinski definition) is 7. The van der Waals surface area contributed by atoms with Crippen molar-refractivity contribution in [3.8, 4) is 11.1 Å². The van der Waals surface area contributed by atoms with Gasteiger partial charge in [-0.25, -0.2) is 14.6 Å². The lowest BCUT2D eigenvalue weighted by molar-refractivity contribution is 0.0527. The number of para-hydroxylation sites is 1. The fourth-order valence-electron chi connectivity index (χ4n) is 5.39. The number of rotatable bonds is 7. The number of furan rings is 1. The van der Waals surface area contributed by atoms with Gasteiger partial charge in [-0.2, -0.15) is 0 Å². The topological polar surface area (TPSA) is 117 Å². The van der Waals surface area contributed by atoms with Crippen molar-refractivity contribution in [1.29, 1.82) is 0 Å². The Bertz CT molecular complexity index is 1840. The second kappa shape index (κ2) is 12.9. The molecule has 0 spiro atoms. The normalized spacial score (nSPS) is 13.0. The van der Waals surface area contributed by atoms with Crippen LogP contribution in [0.1, 0.15) is 33.4 Å². The van der Waals surface area contributed by atoms with Crippen molar-refractivity contribution in [1.82, 2.24) is 9.88 Å². The van der Waals surface area contributed by atoms with Gasteiger partial charge in [0.2, 0.25) is 0 Å². The molecule has 0 atom stereocenters. The van der Waals surface area contributed by atoms with Crippen molar-refractivity contribution in [2.45, 2.75) is 13.8 Å². The predicted octanol–water partition coefficient (Wildman–Crippen LogP) is 6.59. The first-order valence-electron chi connectivity index (χ1n) is 14.8. The van der Waals surface area contributed by atoms with Gasteiger partial charge in [-0.05, 0) is 61.4 Å². The second-order valence-corrected chi connectivity index (χ2v) is 10.7. The Balaban J connectivity index is 1.05. The summed E-state index contributed by atoms with van der Waals surface area (Å²) in [6.45, 7) is 5.98. The maximum atomic E-state index is 13.2. The first-order chi connectivity index (χ1) is 21.9. The van der Waals surface area contributed by atoms with Crippen molar-refractivity contribution in [3.63, 3.8) is 0 Å². The number of anilines is 3. The van der Waals surface area contributed by atoms with Gasteiger partial charge in [0.1, 0.15) is 11.4 Å². The number of carbonyl (C=O) groups is 3. The molecular weight excluding hydrogens is 570 g/mol. The van der Waals surface area contributed by atoms with E-state index in [0.717, 1.165) is 27.9 Å². The monoisotopic (exact) mass is 603 g/mol. The van der Waals surface area contributed by atoms with Gasteiger partial charge < -0.3 is 29.6 Å². The van der Waals surface area contributed by atoms with Crippen LogP contribution in [-0.2, 0) is 4.74 Å². The minimum Gasteiger partial charge on any atom is -0.462 e. The summed E-state index contributed by atoms with van der Waals surface area (Å²) in [5.41, 5.74) is 4.86. The van der Waals surface area contributed by atoms with Crippen LogP contribution in [0.15, 0.2) is 95.5 Å². The van der Waals surface area contributed by atoms with Crippen molar-refractivity contribution in [2.24, 2.45) is 0 Å². The summed E-state index contributed by atoms with van der Waals surface area (Å²) in [6, 6.07) is 26.2. The number of carbonyl (C=O) groups excluding carboxylic acids is 3. The van der Waals surface area contributed by atoms with Crippen LogP contribution in [-0.4, -0.2) is 60.6 Å². The van der Waals surface area contributed by atoms with Crippen LogP contribution in [0.5, 0.6) is 0 Å². The van der Waals surface area contributed by atoms with E-state index in [-0.39, 0.29) is 24.3 Å². The number of amides is 3. The van der Waals surface area contributed by atoms with Gasteiger partial charge in [0.25, 0.3) is 5.91 Å². The van der Waals surface area contributed by atoms with Gasteiger partial charge in [-0.15, -0.1) is 0 Å². The number of pyridine rings is 1. The molecule has 0 saturated carbocycles. The molecule has 0 aliphatic carbocycles. The molecule has 2 N–H and O–H groups in total. The number of aryl methyl sites for hydroxylation is 1. The van der Waals surface area contributed by atoms with E-state index in [9.17, 15) is 14.4 Å². The minimum absolute atomic E-state index is 0.252. The van der Waals surface area contributed by atoms with Crippen molar-refractivity contribution < 1.29 is 23.5 Å². The SMILES string of the molecule is CCOC(=O)c1ccccc1NC(=O)N1CCN(c2ccc(NC(=O)c3oc4ccc(-c5ccccc5)cc4c3C)cn2)CC1. The molecule has 2 aromatic heterocycles. The van der Waals surface area contributed by atoms with Crippen LogP contribution in [0.25, 0.3) is 22.1 Å². The summed E-state index contributed by atoms with van der Waals surface area (Å²) in [5, 5.41) is 6.63. The molecule has 1 fully saturated rings. The van der Waals surface area contributed by atoms with E-state index >= 15 is 0 Å². The van der Waals surface area contributed by atoms with Crippen molar-refractivity contribution >= 4 is 46.1 Å². The van der Waals surface area contributed by atoms with E-state index in [2.05, 4.69) is 20.5 Å². The van der Waals surface area contributed by atoms with Gasteiger partial charge in [0.05, 0.1) is 29.7 Å². The maximum Gasteiger partial charge on any atom is 0.340 e. The molecule has 228 valence electrons. The Morgan fingerprint density at radius 3 is 2.36 bits per heavy atom. The highest BCUT2D eigenvalue weighted by molar-refractivity contribution is 6.07. The van der Waals surface area contributed by atoms with Crippen LogP contribution >= 0.6 is 0 Å². The van der Waals surface area contributed by atoms with E-state index < -0.39 is 5.97 Å². The number of piperazine rings is 1. The molecule has 0 unspecified atom stereocenters. The van der Waals surface area contributed by atoms with E-state index in [0.29, 0.717) is 48.7 Å². The zero-order valence-corrected chi connectivity index (χ0v) is 25.1. The molecule has 3 heterocycles. The average molecular weight is 604 g/mol. The lowest BCUT2D eigenvalue weighted by atomic mass is 10.0. The highest BCUT2D eigenvalue weighted by Gasteiger charge is 2.24. The van der Waals surface area contributed by atoms with Crippen molar-refractivity contribution in [2.75, 3.05) is 48.3 Å². The largest absolute Gasteiger partial charge is 0.462 e. The Kier molecular flexibility index (Phi) is 8.45. The number of urea groups is 1. The lowest BCUT2D eigenvalue weighted by Crippen LogP contribution is -2.50. The highest BCUT2D eigenvalue weighted by atomic mass is 16.5. The molecule has 1 saturated heterocycles. The number of esters is 1. The fraction of sp³-hybridized carbons (Fsp3) is 0.200. The standard InChI is InChI=1S/C35H33N5O5/c1-3-44-34(42)27-11-7-8-12-29(27)38-35(43)40-19-17-39(18-20-40)31-16-14-26(22-36-31)37-33(41)32-23(2)28-21-25(13-15-30(28)45-32)24-9-5-4-6-10-24/h4-16,21-22H,3,17-20H2,1-2H3,(H,37,41)(H,38,43). The summed E-state index contributed by atoms with van der Waals surface area (Å²) in [5.74, 6) is 0.186. The Morgan fingerprint density at radius 2 is 1.62 bits per heavy atom. The van der Waals surface area contributed by atoms with Crippen LogP contribution in [0, 0.1) is 6.92 Å². The predicted molar refractivity (Wildman–Crippen MR) is 174 cm³/mol. The number of nitrogens with zero attached hydrogens (tertiary/aromatic N) is 3. The zero-order valence-electron chi connectivity index (χ0n) is 25.1. The molecule has 6 rings (SSSR count). The molecule has 10 nitrogen and oxygen atoms in total. The third-order valence-corrected chi connectivity index (χ3v) is 7.81. The zero-order chi connectivity index (χ0) is 31.3. The van der Waals surface area contributed by atoms with E-state index in [4.69, 9.17) is 9.15 Å². The van der Waals surface area contributed by atoms with Crippen LogP contribution in [0.4, 0.5) is 22.0 Å². The Labute approximate surface area is 260 Å². The molecule has 0 bridgehead atoms. The molecule has 0 radical (unpaired) electrons. The summed E-state index contributed by atoms with van der Waals surface area (Å²) < 4.78 is 11.0. The second-order valence-electron chi connectivity index (χ2n) is 10.7. The number of benzene rings is 3. The van der Waals surface area contributed by atoms with E-state index in [1.165, 1.54) is 0 Å². The fourth-order valence-corrected chi connectivity index (χ4v) is 5.39. The summed E-state index contributed by atoms with van der Waals surface area (Å²) in [6.07, 6.45) is 1.62. The smallest absolute Gasteiger partial charge is 0.340 e. The minimum atomic E-state index is -0.478. The Morgan fingerprint density at radius 1 is 0.867 bits per heavy atom. The Hall–Kier alpha value is -5.64. The first-order valence-corrected chi connectivity index (χ1v) is 14.8. The number of hydrogen-bond donors (Lipinski definition) is 2. The first kappa shape index (κ1) is 29.4. The number of ether oxygens (including phenoxy) is 1. The highest BCUT2D eigenvalue weighted by Crippen LogP contribution is 2.31. The van der Waals surface area contributed by atoms with Gasteiger partial charge in [-0.3, -0.25) is 4.79 Å². The summed E-state index contributed by atoms with van der Waals surface area (Å²) >= 11 is 0. The van der Waals surface area contributed by atoms with E-state index in [1.807, 2.05) is 61.5 Å². The number of fused-ring (bicyclic) bond motifs is 1. The molecule has 1 aliphatic heterocycles. The summed E-state index contributed by atoms with van der Waals surface area (Å²) in [7, 11) is 0. The quantitative estimate of drug-likeness (QED) is 0.202. The van der Waals surface area contributed by atoms with E-state index in [1.54, 1.807) is 48.4 Å². The van der Waals surface area contributed by atoms with Gasteiger partial charge in [0.15, 0.2) is 5.76 Å². The molecule has 45 heavy (non-hydrogen) atoms. The molecule has 3 amide bonds. The third kappa shape index (κ3) is 6.35.